The maximum Gasteiger partial charge on any atom is 0.261 e. The zero-order valence-corrected chi connectivity index (χ0v) is 17.3. The monoisotopic (exact) mass is 406 g/mol. The van der Waals surface area contributed by atoms with Crippen LogP contribution in [0, 0.1) is 24.2 Å². The summed E-state index contributed by atoms with van der Waals surface area (Å²) in [6.07, 6.45) is 4.25. The number of carbonyl (C=O) groups excluding carboxylic acids is 2. The smallest absolute Gasteiger partial charge is 0.261 e. The second-order valence-electron chi connectivity index (χ2n) is 8.73. The van der Waals surface area contributed by atoms with Gasteiger partial charge in [0, 0.05) is 37.1 Å². The number of rotatable bonds is 4. The predicted octanol–water partition coefficient (Wildman–Crippen LogP) is 2.20. The SMILES string of the molecule is Cc1ccsc1C(=O)NC1CCC(C(=O)N2C[C@@H]3CCOC[C@]3(CO)C2)CC1. The summed E-state index contributed by atoms with van der Waals surface area (Å²) >= 11 is 1.48. The normalized spacial score (nSPS) is 32.8. The summed E-state index contributed by atoms with van der Waals surface area (Å²) in [5.41, 5.74) is 0.751. The maximum atomic E-state index is 13.1. The van der Waals surface area contributed by atoms with Crippen LogP contribution in [0.25, 0.3) is 0 Å². The van der Waals surface area contributed by atoms with Crippen LogP contribution in [0.3, 0.4) is 0 Å². The largest absolute Gasteiger partial charge is 0.396 e. The molecule has 28 heavy (non-hydrogen) atoms. The molecule has 0 aromatic carbocycles. The highest BCUT2D eigenvalue weighted by Gasteiger charge is 2.50. The first-order valence-electron chi connectivity index (χ1n) is 10.3. The zero-order valence-electron chi connectivity index (χ0n) is 16.5. The molecule has 6 nitrogen and oxygen atoms in total. The van der Waals surface area contributed by atoms with Gasteiger partial charge in [-0.15, -0.1) is 11.3 Å². The predicted molar refractivity (Wildman–Crippen MR) is 107 cm³/mol. The number of fused-ring (bicyclic) bond motifs is 1. The van der Waals surface area contributed by atoms with Crippen molar-refractivity contribution in [2.75, 3.05) is 32.9 Å². The van der Waals surface area contributed by atoms with Gasteiger partial charge in [-0.05, 0) is 62.0 Å². The van der Waals surface area contributed by atoms with Gasteiger partial charge in [-0.1, -0.05) is 0 Å². The fraction of sp³-hybridized carbons (Fsp3) is 0.714. The molecule has 154 valence electrons. The van der Waals surface area contributed by atoms with E-state index < -0.39 is 0 Å². The Morgan fingerprint density at radius 2 is 2.11 bits per heavy atom. The van der Waals surface area contributed by atoms with Gasteiger partial charge in [0.2, 0.25) is 5.91 Å². The van der Waals surface area contributed by atoms with Crippen LogP contribution in [0.1, 0.15) is 47.3 Å². The Balaban J connectivity index is 1.30. The van der Waals surface area contributed by atoms with Crippen LogP contribution in [-0.4, -0.2) is 60.8 Å². The van der Waals surface area contributed by atoms with Gasteiger partial charge >= 0.3 is 0 Å². The molecule has 0 spiro atoms. The number of hydrogen-bond acceptors (Lipinski definition) is 5. The number of aliphatic hydroxyl groups is 1. The Labute approximate surface area is 170 Å². The van der Waals surface area contributed by atoms with Crippen molar-refractivity contribution in [3.05, 3.63) is 21.9 Å². The van der Waals surface area contributed by atoms with Crippen LogP contribution in [-0.2, 0) is 9.53 Å². The average Bonchev–Trinajstić information content (AvgIpc) is 3.32. The fourth-order valence-corrected chi connectivity index (χ4v) is 5.92. The van der Waals surface area contributed by atoms with Crippen molar-refractivity contribution in [2.45, 2.75) is 45.1 Å². The summed E-state index contributed by atoms with van der Waals surface area (Å²) in [6, 6.07) is 2.11. The van der Waals surface area contributed by atoms with Gasteiger partial charge in [-0.25, -0.2) is 0 Å². The summed E-state index contributed by atoms with van der Waals surface area (Å²) in [4.78, 5) is 28.3. The van der Waals surface area contributed by atoms with E-state index in [2.05, 4.69) is 5.32 Å². The van der Waals surface area contributed by atoms with Gasteiger partial charge in [0.1, 0.15) is 0 Å². The lowest BCUT2D eigenvalue weighted by Gasteiger charge is -2.36. The number of hydrogen-bond donors (Lipinski definition) is 2. The standard InChI is InChI=1S/C21H30N2O4S/c1-14-7-9-28-18(14)19(25)22-17-4-2-15(3-5-17)20(26)23-10-16-6-8-27-13-21(16,11-23)12-24/h7,9,15-17,24H,2-6,8,10-13H2,1H3,(H,22,25)/t15?,16-,17?,21+/m0/s1. The van der Waals surface area contributed by atoms with Crippen LogP contribution >= 0.6 is 11.3 Å². The van der Waals surface area contributed by atoms with Crippen molar-refractivity contribution < 1.29 is 19.4 Å². The van der Waals surface area contributed by atoms with E-state index in [4.69, 9.17) is 4.74 Å². The minimum absolute atomic E-state index is 0.00998. The van der Waals surface area contributed by atoms with Crippen molar-refractivity contribution >= 4 is 23.2 Å². The van der Waals surface area contributed by atoms with Gasteiger partial charge < -0.3 is 20.1 Å². The maximum absolute atomic E-state index is 13.1. The minimum atomic E-state index is -0.266. The Bertz CT molecular complexity index is 728. The number of ether oxygens (including phenoxy) is 1. The Morgan fingerprint density at radius 1 is 1.32 bits per heavy atom. The highest BCUT2D eigenvalue weighted by Crippen LogP contribution is 2.42. The van der Waals surface area contributed by atoms with Crippen LogP contribution < -0.4 is 5.32 Å². The molecule has 1 saturated carbocycles. The molecule has 1 aromatic rings. The first-order valence-corrected chi connectivity index (χ1v) is 11.2. The van der Waals surface area contributed by atoms with Crippen LogP contribution in [0.4, 0.5) is 0 Å². The molecule has 0 bridgehead atoms. The summed E-state index contributed by atoms with van der Waals surface area (Å²) in [7, 11) is 0. The number of thiophene rings is 1. The molecule has 4 rings (SSSR count). The Morgan fingerprint density at radius 3 is 2.75 bits per heavy atom. The lowest BCUT2D eigenvalue weighted by atomic mass is 9.76. The fourth-order valence-electron chi connectivity index (χ4n) is 5.09. The summed E-state index contributed by atoms with van der Waals surface area (Å²) in [5, 5.41) is 15.0. The average molecular weight is 407 g/mol. The van der Waals surface area contributed by atoms with Crippen molar-refractivity contribution in [1.29, 1.82) is 0 Å². The first kappa shape index (κ1) is 19.9. The number of amides is 2. The zero-order chi connectivity index (χ0) is 19.7. The van der Waals surface area contributed by atoms with E-state index in [0.29, 0.717) is 19.1 Å². The van der Waals surface area contributed by atoms with Gasteiger partial charge in [-0.3, -0.25) is 9.59 Å². The second-order valence-corrected chi connectivity index (χ2v) is 9.65. The number of carbonyl (C=O) groups is 2. The van der Waals surface area contributed by atoms with Crippen molar-refractivity contribution in [3.8, 4) is 0 Å². The van der Waals surface area contributed by atoms with E-state index in [1.807, 2.05) is 23.3 Å². The Kier molecular flexibility index (Phi) is 5.76. The molecule has 3 fully saturated rings. The third-order valence-electron chi connectivity index (χ3n) is 6.92. The first-order chi connectivity index (χ1) is 13.5. The van der Waals surface area contributed by atoms with Gasteiger partial charge in [-0.2, -0.15) is 0 Å². The molecule has 1 aromatic heterocycles. The van der Waals surface area contributed by atoms with E-state index in [9.17, 15) is 14.7 Å². The van der Waals surface area contributed by atoms with E-state index in [1.165, 1.54) is 11.3 Å². The third-order valence-corrected chi connectivity index (χ3v) is 7.93. The quantitative estimate of drug-likeness (QED) is 0.804. The van der Waals surface area contributed by atoms with Crippen LogP contribution in [0.2, 0.25) is 0 Å². The molecule has 2 saturated heterocycles. The van der Waals surface area contributed by atoms with Crippen molar-refractivity contribution in [3.63, 3.8) is 0 Å². The molecule has 7 heteroatoms. The van der Waals surface area contributed by atoms with Crippen LogP contribution in [0.15, 0.2) is 11.4 Å². The molecule has 2 aliphatic heterocycles. The molecule has 3 aliphatic rings. The summed E-state index contributed by atoms with van der Waals surface area (Å²) in [6.45, 7) is 4.68. The highest BCUT2D eigenvalue weighted by molar-refractivity contribution is 7.12. The van der Waals surface area contributed by atoms with E-state index in [-0.39, 0.29) is 35.8 Å². The number of aryl methyl sites for hydroxylation is 1. The molecule has 0 unspecified atom stereocenters. The van der Waals surface area contributed by atoms with Gasteiger partial charge in [0.25, 0.3) is 5.91 Å². The third kappa shape index (κ3) is 3.72. The summed E-state index contributed by atoms with van der Waals surface area (Å²) in [5.74, 6) is 0.616. The lowest BCUT2D eigenvalue weighted by molar-refractivity contribution is -0.136. The van der Waals surface area contributed by atoms with Gasteiger partial charge in [0.05, 0.1) is 18.1 Å². The van der Waals surface area contributed by atoms with E-state index in [0.717, 1.165) is 55.7 Å². The lowest BCUT2D eigenvalue weighted by Crippen LogP contribution is -2.44. The summed E-state index contributed by atoms with van der Waals surface area (Å²) < 4.78 is 5.60. The highest BCUT2D eigenvalue weighted by atomic mass is 32.1. The number of nitrogens with zero attached hydrogens (tertiary/aromatic N) is 1. The molecule has 2 amide bonds. The number of aliphatic hydroxyl groups excluding tert-OH is 1. The van der Waals surface area contributed by atoms with Crippen LogP contribution in [0.5, 0.6) is 0 Å². The molecular formula is C21H30N2O4S. The molecule has 1 aliphatic carbocycles. The molecule has 2 atom stereocenters. The van der Waals surface area contributed by atoms with Crippen molar-refractivity contribution in [1.82, 2.24) is 10.2 Å². The number of nitrogens with one attached hydrogen (secondary N) is 1. The second kappa shape index (κ2) is 8.13. The molecule has 2 N–H and O–H groups in total. The molecule has 3 heterocycles. The van der Waals surface area contributed by atoms with E-state index >= 15 is 0 Å². The minimum Gasteiger partial charge on any atom is -0.396 e. The number of likely N-dealkylation sites (tertiary alicyclic amines) is 1. The molecule has 0 radical (unpaired) electrons. The molecular weight excluding hydrogens is 376 g/mol. The topological polar surface area (TPSA) is 78.9 Å². The van der Waals surface area contributed by atoms with E-state index in [1.54, 1.807) is 0 Å². The van der Waals surface area contributed by atoms with Gasteiger partial charge in [0.15, 0.2) is 0 Å². The Hall–Kier alpha value is -1.44. The van der Waals surface area contributed by atoms with Crippen molar-refractivity contribution in [2.24, 2.45) is 17.3 Å².